The van der Waals surface area contributed by atoms with E-state index in [2.05, 4.69) is 6.92 Å². The first-order valence-electron chi connectivity index (χ1n) is 12.3. The topological polar surface area (TPSA) is 18.5 Å². The first-order chi connectivity index (χ1) is 16.4. The van der Waals surface area contributed by atoms with Gasteiger partial charge in [-0.25, -0.2) is 17.6 Å². The van der Waals surface area contributed by atoms with Gasteiger partial charge >= 0.3 is 0 Å². The van der Waals surface area contributed by atoms with E-state index in [4.69, 9.17) is 9.47 Å². The molecule has 2 aliphatic rings. The second kappa shape index (κ2) is 11.0. The van der Waals surface area contributed by atoms with Crippen molar-refractivity contribution in [2.75, 3.05) is 13.2 Å². The molecular formula is C28H32F4O2. The summed E-state index contributed by atoms with van der Waals surface area (Å²) in [6.45, 7) is 4.78. The van der Waals surface area contributed by atoms with Gasteiger partial charge in [0, 0.05) is 28.5 Å². The average Bonchev–Trinajstić information content (AvgIpc) is 2.85. The van der Waals surface area contributed by atoms with Crippen LogP contribution >= 0.6 is 0 Å². The molecule has 0 radical (unpaired) electrons. The van der Waals surface area contributed by atoms with Crippen LogP contribution in [0.4, 0.5) is 17.6 Å². The molecule has 0 aromatic heterocycles. The molecule has 0 N–H and O–H groups in total. The molecule has 4 atom stereocenters. The minimum atomic E-state index is -1.19. The van der Waals surface area contributed by atoms with Crippen LogP contribution in [0.5, 0.6) is 0 Å². The van der Waals surface area contributed by atoms with Gasteiger partial charge < -0.3 is 9.47 Å². The van der Waals surface area contributed by atoms with Crippen LogP contribution < -0.4 is 0 Å². The minimum Gasteiger partial charge on any atom is -0.378 e. The molecule has 2 heterocycles. The summed E-state index contributed by atoms with van der Waals surface area (Å²) in [5, 5.41) is 0. The van der Waals surface area contributed by atoms with E-state index >= 15 is 13.2 Å². The van der Waals surface area contributed by atoms with E-state index in [-0.39, 0.29) is 40.2 Å². The number of benzene rings is 2. The molecule has 6 heteroatoms. The molecule has 0 saturated carbocycles. The molecule has 4 rings (SSSR count). The molecule has 4 unspecified atom stereocenters. The quantitative estimate of drug-likeness (QED) is 0.310. The van der Waals surface area contributed by atoms with Crippen molar-refractivity contribution < 1.29 is 27.0 Å². The van der Waals surface area contributed by atoms with Crippen LogP contribution in [0.25, 0.3) is 11.1 Å². The number of rotatable bonds is 6. The van der Waals surface area contributed by atoms with E-state index in [1.807, 2.05) is 19.1 Å². The smallest absolute Gasteiger partial charge is 0.167 e. The zero-order chi connectivity index (χ0) is 24.2. The van der Waals surface area contributed by atoms with E-state index in [0.717, 1.165) is 25.7 Å². The molecule has 2 aromatic rings. The molecule has 184 valence electrons. The summed E-state index contributed by atoms with van der Waals surface area (Å²) in [7, 11) is 0. The Morgan fingerprint density at radius 1 is 0.794 bits per heavy atom. The Hall–Kier alpha value is -2.18. The Morgan fingerprint density at radius 2 is 1.47 bits per heavy atom. The number of halogens is 4. The number of hydrogen-bond acceptors (Lipinski definition) is 2. The van der Waals surface area contributed by atoms with Gasteiger partial charge in [0.1, 0.15) is 0 Å². The molecule has 0 bridgehead atoms. The third-order valence-electron chi connectivity index (χ3n) is 7.06. The molecule has 2 saturated heterocycles. The largest absolute Gasteiger partial charge is 0.378 e. The molecule has 34 heavy (non-hydrogen) atoms. The Bertz CT molecular complexity index is 1020. The van der Waals surface area contributed by atoms with E-state index < -0.39 is 29.4 Å². The maximum absolute atomic E-state index is 15.0. The molecule has 2 aromatic carbocycles. The van der Waals surface area contributed by atoms with Crippen LogP contribution in [-0.2, 0) is 9.47 Å². The van der Waals surface area contributed by atoms with E-state index in [1.165, 1.54) is 24.3 Å². The second-order valence-corrected chi connectivity index (χ2v) is 9.36. The fourth-order valence-corrected chi connectivity index (χ4v) is 5.15. The van der Waals surface area contributed by atoms with Gasteiger partial charge in [0.05, 0.1) is 25.4 Å². The Labute approximate surface area is 199 Å². The lowest BCUT2D eigenvalue weighted by Crippen LogP contribution is -2.25. The van der Waals surface area contributed by atoms with E-state index in [1.54, 1.807) is 0 Å². The Balaban J connectivity index is 1.54. The van der Waals surface area contributed by atoms with Crippen molar-refractivity contribution in [3.05, 3.63) is 70.8 Å². The van der Waals surface area contributed by atoms with Gasteiger partial charge in [-0.1, -0.05) is 49.8 Å². The summed E-state index contributed by atoms with van der Waals surface area (Å²) in [4.78, 5) is 0. The number of ether oxygens (including phenoxy) is 2. The Morgan fingerprint density at radius 3 is 2.03 bits per heavy atom. The predicted octanol–water partition coefficient (Wildman–Crippen LogP) is 8.02. The molecule has 2 fully saturated rings. The summed E-state index contributed by atoms with van der Waals surface area (Å²) < 4.78 is 71.6. The molecule has 2 nitrogen and oxygen atoms in total. The Kier molecular flexibility index (Phi) is 8.10. The van der Waals surface area contributed by atoms with Crippen molar-refractivity contribution in [1.82, 2.24) is 0 Å². The van der Waals surface area contributed by atoms with Crippen molar-refractivity contribution in [3.63, 3.8) is 0 Å². The maximum Gasteiger partial charge on any atom is 0.167 e. The van der Waals surface area contributed by atoms with Crippen LogP contribution in [0.3, 0.4) is 0 Å². The summed E-state index contributed by atoms with van der Waals surface area (Å²) in [6.07, 6.45) is 8.42. The highest BCUT2D eigenvalue weighted by Gasteiger charge is 2.29. The standard InChI is InChI=1S/C28H32F4O2/c1-3-5-17-7-14-24(34-15-17)23-13-12-22(27(31)28(23)32)21-11-10-20(25(29)26(21)30)18-8-9-19(6-4-2)33-16-18/h3,5,10-13,17-19,24H,4,6-9,14-16H2,1-2H3. The van der Waals surface area contributed by atoms with Gasteiger partial charge in [-0.05, 0) is 44.6 Å². The lowest BCUT2D eigenvalue weighted by atomic mass is 9.88. The maximum atomic E-state index is 15.0. The summed E-state index contributed by atoms with van der Waals surface area (Å²) in [5.41, 5.74) is -0.254. The fraction of sp³-hybridized carbons (Fsp3) is 0.500. The van der Waals surface area contributed by atoms with Crippen molar-refractivity contribution in [1.29, 1.82) is 0 Å². The first-order valence-corrected chi connectivity index (χ1v) is 12.3. The average molecular weight is 477 g/mol. The number of hydrogen-bond donors (Lipinski definition) is 0. The molecule has 0 aliphatic carbocycles. The highest BCUT2D eigenvalue weighted by atomic mass is 19.2. The highest BCUT2D eigenvalue weighted by molar-refractivity contribution is 5.66. The third kappa shape index (κ3) is 5.08. The number of allylic oxidation sites excluding steroid dienone is 1. The normalized spacial score (nSPS) is 25.7. The zero-order valence-corrected chi connectivity index (χ0v) is 19.8. The zero-order valence-electron chi connectivity index (χ0n) is 19.8. The molecule has 0 spiro atoms. The van der Waals surface area contributed by atoms with E-state index in [9.17, 15) is 4.39 Å². The minimum absolute atomic E-state index is 0.110. The predicted molar refractivity (Wildman–Crippen MR) is 125 cm³/mol. The fourth-order valence-electron chi connectivity index (χ4n) is 5.15. The van der Waals surface area contributed by atoms with Crippen molar-refractivity contribution in [2.24, 2.45) is 5.92 Å². The van der Waals surface area contributed by atoms with Gasteiger partial charge in [-0.15, -0.1) is 0 Å². The van der Waals surface area contributed by atoms with Crippen LogP contribution in [-0.4, -0.2) is 19.3 Å². The summed E-state index contributed by atoms with van der Waals surface area (Å²) in [6, 6.07) is 5.54. The lowest BCUT2D eigenvalue weighted by molar-refractivity contribution is -0.00743. The van der Waals surface area contributed by atoms with Gasteiger partial charge in [0.2, 0.25) is 0 Å². The lowest BCUT2D eigenvalue weighted by Gasteiger charge is -2.29. The monoisotopic (exact) mass is 476 g/mol. The SMILES string of the molecule is CC=CC1CCC(c2ccc(-c3ccc(C4CCC(CCC)OC4)c(F)c3F)c(F)c2F)OC1. The van der Waals surface area contributed by atoms with E-state index in [0.29, 0.717) is 26.1 Å². The van der Waals surface area contributed by atoms with Gasteiger partial charge in [-0.3, -0.25) is 0 Å². The van der Waals surface area contributed by atoms with Gasteiger partial charge in [0.25, 0.3) is 0 Å². The molecule has 0 amide bonds. The third-order valence-corrected chi connectivity index (χ3v) is 7.06. The summed E-state index contributed by atoms with van der Waals surface area (Å²) >= 11 is 0. The van der Waals surface area contributed by atoms with Crippen LogP contribution in [0.1, 0.15) is 75.5 Å². The van der Waals surface area contributed by atoms with Crippen LogP contribution in [0.15, 0.2) is 36.4 Å². The first kappa shape index (κ1) is 24.9. The summed E-state index contributed by atoms with van der Waals surface area (Å²) in [5.74, 6) is -4.44. The van der Waals surface area contributed by atoms with Crippen LogP contribution in [0.2, 0.25) is 0 Å². The van der Waals surface area contributed by atoms with Crippen molar-refractivity contribution in [3.8, 4) is 11.1 Å². The van der Waals surface area contributed by atoms with Crippen LogP contribution in [0, 0.1) is 29.2 Å². The second-order valence-electron chi connectivity index (χ2n) is 9.36. The van der Waals surface area contributed by atoms with Gasteiger partial charge in [0.15, 0.2) is 23.3 Å². The van der Waals surface area contributed by atoms with Crippen molar-refractivity contribution >= 4 is 0 Å². The van der Waals surface area contributed by atoms with Crippen molar-refractivity contribution in [2.45, 2.75) is 70.5 Å². The highest BCUT2D eigenvalue weighted by Crippen LogP contribution is 2.38. The molecule has 2 aliphatic heterocycles. The van der Waals surface area contributed by atoms with Gasteiger partial charge in [-0.2, -0.15) is 0 Å². The molecular weight excluding hydrogens is 444 g/mol.